The second-order valence-corrected chi connectivity index (χ2v) is 4.90. The zero-order valence-corrected chi connectivity index (χ0v) is 11.6. The van der Waals surface area contributed by atoms with E-state index in [-0.39, 0.29) is 0 Å². The van der Waals surface area contributed by atoms with E-state index in [4.69, 9.17) is 11.6 Å². The third-order valence-electron chi connectivity index (χ3n) is 3.21. The lowest BCUT2D eigenvalue weighted by Crippen LogP contribution is -2.02. The molecule has 2 aromatic heterocycles. The average molecular weight is 272 g/mol. The topological polar surface area (TPSA) is 30.7 Å². The van der Waals surface area contributed by atoms with Gasteiger partial charge in [0.05, 0.1) is 11.6 Å². The molecule has 96 valence electrons. The highest BCUT2D eigenvalue weighted by Crippen LogP contribution is 2.24. The van der Waals surface area contributed by atoms with Gasteiger partial charge in [-0.05, 0) is 43.2 Å². The second kappa shape index (κ2) is 4.67. The monoisotopic (exact) mass is 271 g/mol. The molecular weight excluding hydrogens is 258 g/mol. The Kier molecular flexibility index (Phi) is 2.99. The summed E-state index contributed by atoms with van der Waals surface area (Å²) in [6, 6.07) is 10.2. The fourth-order valence-corrected chi connectivity index (χ4v) is 2.44. The van der Waals surface area contributed by atoms with Crippen LogP contribution < -0.4 is 0 Å². The van der Waals surface area contributed by atoms with Gasteiger partial charge in [0.1, 0.15) is 11.3 Å². The van der Waals surface area contributed by atoms with E-state index in [0.717, 1.165) is 22.7 Å². The standard InChI is InChI=1S/C15H14ClN3/c1-10-5-6-11(2)13(8-10)19-14(9-16)18-12-4-3-7-17-15(12)19/h3-8H,9H2,1-2H3. The maximum atomic E-state index is 6.03. The smallest absolute Gasteiger partial charge is 0.164 e. The molecule has 2 heterocycles. The summed E-state index contributed by atoms with van der Waals surface area (Å²) in [6.07, 6.45) is 1.78. The summed E-state index contributed by atoms with van der Waals surface area (Å²) in [5.74, 6) is 1.19. The zero-order chi connectivity index (χ0) is 13.4. The van der Waals surface area contributed by atoms with Crippen molar-refractivity contribution in [1.82, 2.24) is 14.5 Å². The molecule has 0 amide bonds. The molecule has 0 saturated carbocycles. The van der Waals surface area contributed by atoms with Gasteiger partial charge in [0.25, 0.3) is 0 Å². The van der Waals surface area contributed by atoms with Gasteiger partial charge in [-0.3, -0.25) is 4.57 Å². The molecule has 0 N–H and O–H groups in total. The SMILES string of the molecule is Cc1ccc(C)c(-n2c(CCl)nc3cccnc32)c1. The van der Waals surface area contributed by atoms with Crippen molar-refractivity contribution in [2.24, 2.45) is 0 Å². The molecular formula is C15H14ClN3. The van der Waals surface area contributed by atoms with Crippen molar-refractivity contribution in [2.75, 3.05) is 0 Å². The van der Waals surface area contributed by atoms with Gasteiger partial charge in [-0.25, -0.2) is 9.97 Å². The van der Waals surface area contributed by atoms with E-state index < -0.39 is 0 Å². The number of benzene rings is 1. The summed E-state index contributed by atoms with van der Waals surface area (Å²) >= 11 is 6.03. The highest BCUT2D eigenvalue weighted by atomic mass is 35.5. The summed E-state index contributed by atoms with van der Waals surface area (Å²) < 4.78 is 2.05. The summed E-state index contributed by atoms with van der Waals surface area (Å²) in [5, 5.41) is 0. The van der Waals surface area contributed by atoms with Gasteiger partial charge < -0.3 is 0 Å². The number of halogens is 1. The molecule has 19 heavy (non-hydrogen) atoms. The average Bonchev–Trinajstić information content (AvgIpc) is 2.80. The van der Waals surface area contributed by atoms with Crippen LogP contribution in [0, 0.1) is 13.8 Å². The van der Waals surface area contributed by atoms with Crippen LogP contribution >= 0.6 is 11.6 Å². The molecule has 3 aromatic rings. The Bertz CT molecular complexity index is 746. The molecule has 3 rings (SSSR count). The van der Waals surface area contributed by atoms with E-state index in [1.165, 1.54) is 11.1 Å². The van der Waals surface area contributed by atoms with Crippen LogP contribution in [0.5, 0.6) is 0 Å². The van der Waals surface area contributed by atoms with Crippen molar-refractivity contribution < 1.29 is 0 Å². The van der Waals surface area contributed by atoms with E-state index >= 15 is 0 Å². The first kappa shape index (κ1) is 12.2. The number of alkyl halides is 1. The number of hydrogen-bond donors (Lipinski definition) is 0. The summed E-state index contributed by atoms with van der Waals surface area (Å²) in [6.45, 7) is 4.16. The minimum Gasteiger partial charge on any atom is -0.279 e. The van der Waals surface area contributed by atoms with Crippen molar-refractivity contribution in [3.63, 3.8) is 0 Å². The Labute approximate surface area is 116 Å². The quantitative estimate of drug-likeness (QED) is 0.664. The highest BCUT2D eigenvalue weighted by molar-refractivity contribution is 6.16. The molecule has 0 aliphatic rings. The fraction of sp³-hybridized carbons (Fsp3) is 0.200. The van der Waals surface area contributed by atoms with E-state index in [0.29, 0.717) is 5.88 Å². The maximum absolute atomic E-state index is 6.03. The van der Waals surface area contributed by atoms with Gasteiger partial charge >= 0.3 is 0 Å². The van der Waals surface area contributed by atoms with Crippen molar-refractivity contribution in [1.29, 1.82) is 0 Å². The van der Waals surface area contributed by atoms with Crippen molar-refractivity contribution in [3.05, 3.63) is 53.5 Å². The van der Waals surface area contributed by atoms with E-state index in [9.17, 15) is 0 Å². The highest BCUT2D eigenvalue weighted by Gasteiger charge is 2.14. The Balaban J connectivity index is 2.37. The maximum Gasteiger partial charge on any atom is 0.164 e. The predicted octanol–water partition coefficient (Wildman–Crippen LogP) is 3.78. The van der Waals surface area contributed by atoms with Crippen LogP contribution in [0.25, 0.3) is 16.9 Å². The van der Waals surface area contributed by atoms with Crippen LogP contribution in [0.1, 0.15) is 17.0 Å². The lowest BCUT2D eigenvalue weighted by molar-refractivity contribution is 0.958. The minimum atomic E-state index is 0.365. The lowest BCUT2D eigenvalue weighted by atomic mass is 10.1. The summed E-state index contributed by atoms with van der Waals surface area (Å²) in [7, 11) is 0. The minimum absolute atomic E-state index is 0.365. The number of pyridine rings is 1. The molecule has 3 nitrogen and oxygen atoms in total. The Morgan fingerprint density at radius 3 is 2.84 bits per heavy atom. The normalized spacial score (nSPS) is 11.1. The molecule has 0 bridgehead atoms. The third kappa shape index (κ3) is 2.00. The van der Waals surface area contributed by atoms with Gasteiger partial charge in [0.15, 0.2) is 5.65 Å². The molecule has 0 aliphatic heterocycles. The molecule has 0 spiro atoms. The number of imidazole rings is 1. The molecule has 0 aliphatic carbocycles. The zero-order valence-electron chi connectivity index (χ0n) is 10.9. The van der Waals surface area contributed by atoms with Crippen molar-refractivity contribution in [2.45, 2.75) is 19.7 Å². The van der Waals surface area contributed by atoms with E-state index in [1.807, 2.05) is 16.7 Å². The second-order valence-electron chi connectivity index (χ2n) is 4.63. The van der Waals surface area contributed by atoms with Crippen molar-refractivity contribution >= 4 is 22.8 Å². The first-order valence-electron chi connectivity index (χ1n) is 6.16. The largest absolute Gasteiger partial charge is 0.279 e. The molecule has 0 unspecified atom stereocenters. The van der Waals surface area contributed by atoms with Gasteiger partial charge in [0.2, 0.25) is 0 Å². The molecule has 0 saturated heterocycles. The molecule has 0 atom stereocenters. The van der Waals surface area contributed by atoms with Crippen LogP contribution in [0.4, 0.5) is 0 Å². The number of aromatic nitrogens is 3. The van der Waals surface area contributed by atoms with Crippen LogP contribution in [0.2, 0.25) is 0 Å². The predicted molar refractivity (Wildman–Crippen MR) is 77.9 cm³/mol. The molecule has 1 aromatic carbocycles. The number of rotatable bonds is 2. The molecule has 0 radical (unpaired) electrons. The van der Waals surface area contributed by atoms with Crippen LogP contribution in [-0.4, -0.2) is 14.5 Å². The van der Waals surface area contributed by atoms with E-state index in [2.05, 4.69) is 42.0 Å². The number of aryl methyl sites for hydroxylation is 2. The van der Waals surface area contributed by atoms with Gasteiger partial charge in [-0.2, -0.15) is 0 Å². The lowest BCUT2D eigenvalue weighted by Gasteiger charge is -2.11. The van der Waals surface area contributed by atoms with Crippen molar-refractivity contribution in [3.8, 4) is 5.69 Å². The molecule has 4 heteroatoms. The molecule has 0 fully saturated rings. The first-order chi connectivity index (χ1) is 9.20. The third-order valence-corrected chi connectivity index (χ3v) is 3.45. The van der Waals surface area contributed by atoms with Crippen LogP contribution in [0.15, 0.2) is 36.5 Å². The summed E-state index contributed by atoms with van der Waals surface area (Å²) in [5.41, 5.74) is 5.21. The number of hydrogen-bond acceptors (Lipinski definition) is 2. The first-order valence-corrected chi connectivity index (χ1v) is 6.70. The number of nitrogens with zero attached hydrogens (tertiary/aromatic N) is 3. The van der Waals surface area contributed by atoms with E-state index in [1.54, 1.807) is 6.20 Å². The Morgan fingerprint density at radius 2 is 2.05 bits per heavy atom. The van der Waals surface area contributed by atoms with Gasteiger partial charge in [-0.15, -0.1) is 11.6 Å². The van der Waals surface area contributed by atoms with Crippen LogP contribution in [0.3, 0.4) is 0 Å². The van der Waals surface area contributed by atoms with Crippen LogP contribution in [-0.2, 0) is 5.88 Å². The van der Waals surface area contributed by atoms with Gasteiger partial charge in [0, 0.05) is 6.20 Å². The Hall–Kier alpha value is -1.87. The Morgan fingerprint density at radius 1 is 1.21 bits per heavy atom. The number of fused-ring (bicyclic) bond motifs is 1. The van der Waals surface area contributed by atoms with Gasteiger partial charge in [-0.1, -0.05) is 12.1 Å². The fourth-order valence-electron chi connectivity index (χ4n) is 2.26. The summed E-state index contributed by atoms with van der Waals surface area (Å²) in [4.78, 5) is 8.99.